The first-order valence-electron chi connectivity index (χ1n) is 11.0. The van der Waals surface area contributed by atoms with Gasteiger partial charge in [0.05, 0.1) is 15.8 Å². The number of hydrogen-bond acceptors (Lipinski definition) is 5. The minimum atomic E-state index is -0.438. The second-order valence-corrected chi connectivity index (χ2v) is 9.12. The Morgan fingerprint density at radius 1 is 0.800 bits per heavy atom. The second-order valence-electron chi connectivity index (χ2n) is 8.08. The van der Waals surface area contributed by atoms with Crippen LogP contribution in [0.4, 0.5) is 5.69 Å². The summed E-state index contributed by atoms with van der Waals surface area (Å²) >= 11 is 1.64. The van der Waals surface area contributed by atoms with Crippen molar-refractivity contribution in [3.05, 3.63) is 119 Å². The van der Waals surface area contributed by atoms with Gasteiger partial charge < -0.3 is 9.73 Å². The normalized spacial score (nSPS) is 11.1. The predicted octanol–water partition coefficient (Wildman–Crippen LogP) is 6.99. The lowest BCUT2D eigenvalue weighted by atomic mass is 10.0. The molecule has 0 fully saturated rings. The van der Waals surface area contributed by atoms with E-state index in [1.54, 1.807) is 47.7 Å². The Balaban J connectivity index is 1.24. The van der Waals surface area contributed by atoms with Crippen molar-refractivity contribution in [1.82, 2.24) is 4.98 Å². The number of carbonyl (C=O) groups is 1. The predicted molar refractivity (Wildman–Crippen MR) is 141 cm³/mol. The minimum absolute atomic E-state index is 0.259. The summed E-state index contributed by atoms with van der Waals surface area (Å²) in [4.78, 5) is 30.2. The molecule has 168 valence electrons. The van der Waals surface area contributed by atoms with Gasteiger partial charge in [-0.25, -0.2) is 9.78 Å². The van der Waals surface area contributed by atoms with Crippen LogP contribution < -0.4 is 10.9 Å². The maximum absolute atomic E-state index is 12.9. The molecule has 0 unspecified atom stereocenters. The van der Waals surface area contributed by atoms with Gasteiger partial charge in [-0.3, -0.25) is 4.79 Å². The van der Waals surface area contributed by atoms with E-state index in [1.165, 1.54) is 0 Å². The molecular weight excluding hydrogens is 456 g/mol. The van der Waals surface area contributed by atoms with Crippen LogP contribution in [0.15, 0.2) is 112 Å². The van der Waals surface area contributed by atoms with Crippen molar-refractivity contribution < 1.29 is 9.21 Å². The summed E-state index contributed by atoms with van der Waals surface area (Å²) in [7, 11) is 0. The van der Waals surface area contributed by atoms with Crippen LogP contribution in [0.2, 0.25) is 0 Å². The van der Waals surface area contributed by atoms with Gasteiger partial charge in [-0.15, -0.1) is 11.3 Å². The zero-order valence-electron chi connectivity index (χ0n) is 18.4. The van der Waals surface area contributed by atoms with E-state index in [-0.39, 0.29) is 5.91 Å². The summed E-state index contributed by atoms with van der Waals surface area (Å²) in [5, 5.41) is 4.69. The first-order chi connectivity index (χ1) is 17.1. The molecule has 0 spiro atoms. The van der Waals surface area contributed by atoms with Gasteiger partial charge in [0.2, 0.25) is 0 Å². The highest BCUT2D eigenvalue weighted by molar-refractivity contribution is 7.21. The third kappa shape index (κ3) is 4.11. The maximum atomic E-state index is 12.9. The van der Waals surface area contributed by atoms with Gasteiger partial charge >= 0.3 is 5.63 Å². The van der Waals surface area contributed by atoms with Crippen LogP contribution in [-0.2, 0) is 0 Å². The topological polar surface area (TPSA) is 72.2 Å². The van der Waals surface area contributed by atoms with Gasteiger partial charge in [0.1, 0.15) is 10.6 Å². The lowest BCUT2D eigenvalue weighted by Gasteiger charge is -2.08. The smallest absolute Gasteiger partial charge is 0.344 e. The number of thiazole rings is 1. The number of amides is 1. The number of nitrogens with one attached hydrogen (secondary N) is 1. The van der Waals surface area contributed by atoms with Crippen molar-refractivity contribution in [3.63, 3.8) is 0 Å². The van der Waals surface area contributed by atoms with E-state index in [4.69, 9.17) is 4.42 Å². The summed E-state index contributed by atoms with van der Waals surface area (Å²) in [6, 6.07) is 31.8. The molecule has 6 heteroatoms. The highest BCUT2D eigenvalue weighted by atomic mass is 32.1. The monoisotopic (exact) mass is 474 g/mol. The van der Waals surface area contributed by atoms with E-state index in [0.717, 1.165) is 26.2 Å². The summed E-state index contributed by atoms with van der Waals surface area (Å²) in [5.74, 6) is -0.259. The standard InChI is InChI=1S/C29H18N2O3S/c32-27(30-22-14-12-18(13-15-22)28-31-24-9-2-4-11-26(24)35-28)21-8-5-7-19(16-21)23-17-20-6-1-3-10-25(20)34-29(23)33/h1-17H,(H,30,32). The fourth-order valence-electron chi connectivity index (χ4n) is 3.99. The van der Waals surface area contributed by atoms with E-state index in [9.17, 15) is 9.59 Å². The van der Waals surface area contributed by atoms with Gasteiger partial charge in [0.15, 0.2) is 0 Å². The summed E-state index contributed by atoms with van der Waals surface area (Å²) in [6.45, 7) is 0. The molecule has 4 aromatic carbocycles. The third-order valence-electron chi connectivity index (χ3n) is 5.76. The van der Waals surface area contributed by atoms with Gasteiger partial charge in [0, 0.05) is 22.2 Å². The first-order valence-corrected chi connectivity index (χ1v) is 11.9. The molecule has 0 saturated heterocycles. The molecule has 2 aromatic heterocycles. The van der Waals surface area contributed by atoms with Crippen molar-refractivity contribution in [3.8, 4) is 21.7 Å². The van der Waals surface area contributed by atoms with E-state index >= 15 is 0 Å². The van der Waals surface area contributed by atoms with Crippen LogP contribution in [0.1, 0.15) is 10.4 Å². The molecule has 0 saturated carbocycles. The Morgan fingerprint density at radius 3 is 2.46 bits per heavy atom. The molecule has 0 aliphatic rings. The molecule has 0 aliphatic heterocycles. The Kier molecular flexibility index (Phi) is 5.20. The van der Waals surface area contributed by atoms with Crippen LogP contribution in [0, 0.1) is 0 Å². The summed E-state index contributed by atoms with van der Waals surface area (Å²) in [6.07, 6.45) is 0. The molecular formula is C29H18N2O3S. The van der Waals surface area contributed by atoms with E-state index in [1.807, 2.05) is 60.7 Å². The molecule has 0 aliphatic carbocycles. The maximum Gasteiger partial charge on any atom is 0.344 e. The first kappa shape index (κ1) is 21.0. The second kappa shape index (κ2) is 8.66. The SMILES string of the molecule is O=C(Nc1ccc(-c2nc3ccccc3s2)cc1)c1cccc(-c2cc3ccccc3oc2=O)c1. The Morgan fingerprint density at radius 2 is 1.60 bits per heavy atom. The largest absolute Gasteiger partial charge is 0.422 e. The third-order valence-corrected chi connectivity index (χ3v) is 6.85. The molecule has 0 bridgehead atoms. The van der Waals surface area contributed by atoms with E-state index in [2.05, 4.69) is 16.4 Å². The summed E-state index contributed by atoms with van der Waals surface area (Å²) in [5.41, 5.74) is 4.23. The average molecular weight is 475 g/mol. The number of benzene rings is 4. The summed E-state index contributed by atoms with van der Waals surface area (Å²) < 4.78 is 6.59. The number of fused-ring (bicyclic) bond motifs is 2. The van der Waals surface area contributed by atoms with Crippen molar-refractivity contribution in [2.45, 2.75) is 0 Å². The fourth-order valence-corrected chi connectivity index (χ4v) is 4.96. The Bertz CT molecular complexity index is 1730. The molecule has 35 heavy (non-hydrogen) atoms. The van der Waals surface area contributed by atoms with Crippen LogP contribution in [0.5, 0.6) is 0 Å². The Hall–Kier alpha value is -4.55. The number of carbonyl (C=O) groups excluding carboxylic acids is 1. The highest BCUT2D eigenvalue weighted by Gasteiger charge is 2.12. The molecule has 0 radical (unpaired) electrons. The molecule has 5 nitrogen and oxygen atoms in total. The zero-order chi connectivity index (χ0) is 23.8. The van der Waals surface area contributed by atoms with Crippen LogP contribution in [0.25, 0.3) is 42.9 Å². The number of para-hydroxylation sites is 2. The Labute approximate surface area is 204 Å². The number of aromatic nitrogens is 1. The van der Waals surface area contributed by atoms with Gasteiger partial charge in [0.25, 0.3) is 5.91 Å². The van der Waals surface area contributed by atoms with E-state index < -0.39 is 5.63 Å². The van der Waals surface area contributed by atoms with Crippen molar-refractivity contribution in [1.29, 1.82) is 0 Å². The number of hydrogen-bond donors (Lipinski definition) is 1. The molecule has 6 rings (SSSR count). The molecule has 2 heterocycles. The number of anilines is 1. The number of rotatable bonds is 4. The van der Waals surface area contributed by atoms with E-state index in [0.29, 0.717) is 28.0 Å². The molecule has 6 aromatic rings. The van der Waals surface area contributed by atoms with Gasteiger partial charge in [-0.05, 0) is 66.2 Å². The lowest BCUT2D eigenvalue weighted by molar-refractivity contribution is 0.102. The van der Waals surface area contributed by atoms with Crippen molar-refractivity contribution in [2.75, 3.05) is 5.32 Å². The lowest BCUT2D eigenvalue weighted by Crippen LogP contribution is -2.12. The quantitative estimate of drug-likeness (QED) is 0.280. The van der Waals surface area contributed by atoms with Gasteiger partial charge in [-0.1, -0.05) is 42.5 Å². The number of nitrogens with zero attached hydrogens (tertiary/aromatic N) is 1. The minimum Gasteiger partial charge on any atom is -0.422 e. The fraction of sp³-hybridized carbons (Fsp3) is 0. The molecule has 0 atom stereocenters. The molecule has 1 amide bonds. The molecule has 1 N–H and O–H groups in total. The van der Waals surface area contributed by atoms with Crippen molar-refractivity contribution >= 4 is 44.1 Å². The van der Waals surface area contributed by atoms with Crippen LogP contribution in [-0.4, -0.2) is 10.9 Å². The highest BCUT2D eigenvalue weighted by Crippen LogP contribution is 2.30. The zero-order valence-corrected chi connectivity index (χ0v) is 19.2. The van der Waals surface area contributed by atoms with Crippen LogP contribution in [0.3, 0.4) is 0 Å². The van der Waals surface area contributed by atoms with Crippen LogP contribution >= 0.6 is 11.3 Å². The average Bonchev–Trinajstić information content (AvgIpc) is 3.33. The van der Waals surface area contributed by atoms with Crippen molar-refractivity contribution in [2.24, 2.45) is 0 Å². The van der Waals surface area contributed by atoms with Gasteiger partial charge in [-0.2, -0.15) is 0 Å².